The van der Waals surface area contributed by atoms with Crippen molar-refractivity contribution in [1.29, 1.82) is 0 Å². The van der Waals surface area contributed by atoms with Crippen LogP contribution in [0.5, 0.6) is 0 Å². The zero-order valence-electron chi connectivity index (χ0n) is 16.0. The van der Waals surface area contributed by atoms with Crippen LogP contribution in [0.3, 0.4) is 0 Å². The lowest BCUT2D eigenvalue weighted by molar-refractivity contribution is 0.626. The number of benzene rings is 4. The van der Waals surface area contributed by atoms with E-state index in [2.05, 4.69) is 117 Å². The van der Waals surface area contributed by atoms with Crippen molar-refractivity contribution in [2.24, 2.45) is 0 Å². The van der Waals surface area contributed by atoms with Crippen LogP contribution in [0.15, 0.2) is 90.7 Å². The van der Waals surface area contributed by atoms with Crippen molar-refractivity contribution in [3.05, 3.63) is 107 Å². The molecule has 5 aromatic rings. The summed E-state index contributed by atoms with van der Waals surface area (Å²) in [4.78, 5) is 0. The molecule has 0 atom stereocenters. The maximum atomic E-state index is 12.5. The maximum absolute atomic E-state index is 12.5. The Balaban J connectivity index is 0.000000237. The summed E-state index contributed by atoms with van der Waals surface area (Å²) in [5.41, 5.74) is 3.44. The Kier molecular flexibility index (Phi) is 7.70. The molecule has 1 aromatic heterocycles. The van der Waals surface area contributed by atoms with Gasteiger partial charge in [-0.05, 0) is 100 Å². The van der Waals surface area contributed by atoms with Crippen molar-refractivity contribution < 1.29 is 5.82 Å². The van der Waals surface area contributed by atoms with Crippen molar-refractivity contribution >= 4 is 109 Å². The molecule has 0 N–H and O–H groups in total. The first-order valence-corrected chi connectivity index (χ1v) is 13.1. The van der Waals surface area contributed by atoms with E-state index in [1.807, 2.05) is 12.1 Å². The van der Waals surface area contributed by atoms with Gasteiger partial charge in [0.05, 0.1) is 21.1 Å². The molecule has 164 valence electrons. The lowest BCUT2D eigenvalue weighted by Crippen LogP contribution is -1.94. The number of nitrogens with zero attached hydrogens (tertiary/aromatic N) is 1. The van der Waals surface area contributed by atoms with Crippen LogP contribution in [0.1, 0.15) is 1.43 Å². The highest BCUT2D eigenvalue weighted by atomic mass is 79.9. The molecule has 5 rings (SSSR count). The lowest BCUT2D eigenvalue weighted by atomic mass is 10.2. The van der Waals surface area contributed by atoms with Gasteiger partial charge in [0.25, 0.3) is 0 Å². The average Bonchev–Trinajstić information content (AvgIpc) is 3.10. The fraction of sp³-hybridized carbons (Fsp3) is 0. The number of hydrogen-bond acceptors (Lipinski definition) is 0. The van der Waals surface area contributed by atoms with Gasteiger partial charge < -0.3 is 4.57 Å². The third kappa shape index (κ3) is 4.82. The largest absolute Gasteiger partial charge is 0.309 e. The highest BCUT2D eigenvalue weighted by Gasteiger charge is 2.13. The number of fused-ring (bicyclic) bond motifs is 3. The van der Waals surface area contributed by atoms with Gasteiger partial charge in [-0.3, -0.25) is 0 Å². The SMILES string of the molecule is Clc1c(Br)cc(-n2c3ccccc3c3ccccc32)cc1Br.Fc1cc(Br)c(Cl)c(Br)c1.[HH]. The highest BCUT2D eigenvalue weighted by molar-refractivity contribution is 9.11. The summed E-state index contributed by atoms with van der Waals surface area (Å²) >= 11 is 25.2. The molecule has 8 heteroatoms. The van der Waals surface area contributed by atoms with Gasteiger partial charge in [-0.1, -0.05) is 59.6 Å². The summed E-state index contributed by atoms with van der Waals surface area (Å²) in [5.74, 6) is -0.317. The van der Waals surface area contributed by atoms with E-state index in [9.17, 15) is 4.39 Å². The van der Waals surface area contributed by atoms with Crippen molar-refractivity contribution in [2.75, 3.05) is 0 Å². The van der Waals surface area contributed by atoms with E-state index in [-0.39, 0.29) is 7.24 Å². The zero-order valence-corrected chi connectivity index (χ0v) is 23.9. The minimum absolute atomic E-state index is 0. The molecule has 0 bridgehead atoms. The van der Waals surface area contributed by atoms with E-state index in [1.165, 1.54) is 33.9 Å². The molecular formula is C24H14Br4Cl2FN. The van der Waals surface area contributed by atoms with Crippen LogP contribution < -0.4 is 0 Å². The van der Waals surface area contributed by atoms with Gasteiger partial charge in [0.2, 0.25) is 0 Å². The number of aromatic nitrogens is 1. The number of para-hydroxylation sites is 2. The molecule has 1 heterocycles. The van der Waals surface area contributed by atoms with Crippen molar-refractivity contribution in [1.82, 2.24) is 4.57 Å². The summed E-state index contributed by atoms with van der Waals surface area (Å²) in [6.45, 7) is 0. The molecular weight excluding hydrogens is 712 g/mol. The number of halogens is 7. The average molecular weight is 726 g/mol. The van der Waals surface area contributed by atoms with Gasteiger partial charge in [-0.2, -0.15) is 0 Å². The fourth-order valence-electron chi connectivity index (χ4n) is 3.40. The van der Waals surface area contributed by atoms with Crippen LogP contribution in [0.2, 0.25) is 10.0 Å². The topological polar surface area (TPSA) is 4.93 Å². The summed E-state index contributed by atoms with van der Waals surface area (Å²) in [5, 5.41) is 3.67. The highest BCUT2D eigenvalue weighted by Crippen LogP contribution is 2.37. The first kappa shape index (κ1) is 24.2. The third-order valence-corrected chi connectivity index (χ3v) is 8.98. The minimum atomic E-state index is -0.317. The van der Waals surface area contributed by atoms with Crippen LogP contribution in [-0.4, -0.2) is 4.57 Å². The molecule has 1 nitrogen and oxygen atoms in total. The Morgan fingerprint density at radius 3 is 1.44 bits per heavy atom. The number of hydrogen-bond donors (Lipinski definition) is 0. The molecule has 0 unspecified atom stereocenters. The van der Waals surface area contributed by atoms with E-state index in [0.29, 0.717) is 19.0 Å². The smallest absolute Gasteiger partial charge is 0.125 e. The van der Waals surface area contributed by atoms with Crippen molar-refractivity contribution in [3.8, 4) is 5.69 Å². The third-order valence-electron chi connectivity index (χ3n) is 4.76. The van der Waals surface area contributed by atoms with Gasteiger partial charge in [0.1, 0.15) is 5.82 Å². The quantitative estimate of drug-likeness (QED) is 0.120. The zero-order chi connectivity index (χ0) is 23.0. The Morgan fingerprint density at radius 2 is 1.00 bits per heavy atom. The molecule has 0 amide bonds. The Bertz CT molecular complexity index is 1370. The summed E-state index contributed by atoms with van der Waals surface area (Å²) < 4.78 is 17.6. The molecule has 0 spiro atoms. The van der Waals surface area contributed by atoms with Crippen LogP contribution in [0.25, 0.3) is 27.5 Å². The van der Waals surface area contributed by atoms with Crippen LogP contribution in [-0.2, 0) is 0 Å². The summed E-state index contributed by atoms with van der Waals surface area (Å²) in [6.07, 6.45) is 0. The predicted octanol–water partition coefficient (Wildman–Crippen LogP) is 11.2. The van der Waals surface area contributed by atoms with Gasteiger partial charge in [-0.25, -0.2) is 4.39 Å². The second-order valence-corrected chi connectivity index (χ2v) is 10.9. The molecule has 0 saturated carbocycles. The standard InChI is InChI=1S/C18H10Br2ClN.C6H2Br2ClF.H2/c19-14-9-11(10-15(20)18(14)21)22-16-7-3-1-5-12(16)13-6-2-4-8-17(13)22;7-4-1-3(10)2-5(8)6(4)9;/h1-10H;1-2H;1H. The molecule has 0 saturated heterocycles. The van der Waals surface area contributed by atoms with Gasteiger partial charge >= 0.3 is 0 Å². The second-order valence-electron chi connectivity index (χ2n) is 6.78. The summed E-state index contributed by atoms with van der Waals surface area (Å²) in [7, 11) is 0. The molecule has 4 aromatic carbocycles. The Morgan fingerprint density at radius 1 is 0.625 bits per heavy atom. The lowest BCUT2D eigenvalue weighted by Gasteiger charge is -2.10. The monoisotopic (exact) mass is 721 g/mol. The Labute approximate surface area is 229 Å². The van der Waals surface area contributed by atoms with Crippen molar-refractivity contribution in [2.45, 2.75) is 0 Å². The van der Waals surface area contributed by atoms with Gasteiger partial charge in [0, 0.05) is 35.8 Å². The van der Waals surface area contributed by atoms with Crippen LogP contribution >= 0.6 is 86.9 Å². The van der Waals surface area contributed by atoms with E-state index < -0.39 is 0 Å². The second kappa shape index (κ2) is 10.2. The first-order valence-electron chi connectivity index (χ1n) is 9.21. The summed E-state index contributed by atoms with van der Waals surface area (Å²) in [6, 6.07) is 23.6. The molecule has 0 aliphatic carbocycles. The number of rotatable bonds is 1. The molecule has 0 fully saturated rings. The maximum Gasteiger partial charge on any atom is 0.125 e. The van der Waals surface area contributed by atoms with Gasteiger partial charge in [0.15, 0.2) is 0 Å². The Hall–Kier alpha value is -0.890. The normalized spacial score (nSPS) is 11.0. The van der Waals surface area contributed by atoms with Gasteiger partial charge in [-0.15, -0.1) is 0 Å². The minimum Gasteiger partial charge on any atom is -0.309 e. The van der Waals surface area contributed by atoms with E-state index in [4.69, 9.17) is 23.2 Å². The van der Waals surface area contributed by atoms with E-state index in [1.54, 1.807) is 0 Å². The van der Waals surface area contributed by atoms with Crippen LogP contribution in [0, 0.1) is 5.82 Å². The molecule has 0 aliphatic heterocycles. The fourth-order valence-corrected chi connectivity index (χ4v) is 5.91. The molecule has 32 heavy (non-hydrogen) atoms. The van der Waals surface area contributed by atoms with E-state index in [0.717, 1.165) is 14.6 Å². The van der Waals surface area contributed by atoms with E-state index >= 15 is 0 Å². The van der Waals surface area contributed by atoms with Crippen LogP contribution in [0.4, 0.5) is 4.39 Å². The molecule has 0 radical (unpaired) electrons. The van der Waals surface area contributed by atoms with Crippen molar-refractivity contribution in [3.63, 3.8) is 0 Å². The molecule has 0 aliphatic rings. The predicted molar refractivity (Wildman–Crippen MR) is 150 cm³/mol. The first-order chi connectivity index (χ1) is 15.3.